The van der Waals surface area contributed by atoms with E-state index in [1.165, 1.54) is 18.3 Å². The molecule has 0 aliphatic carbocycles. The van der Waals surface area contributed by atoms with Crippen molar-refractivity contribution in [2.24, 2.45) is 0 Å². The molecule has 9 heteroatoms. The zero-order chi connectivity index (χ0) is 30.2. The molecule has 0 saturated heterocycles. The van der Waals surface area contributed by atoms with E-state index in [0.29, 0.717) is 17.8 Å². The van der Waals surface area contributed by atoms with Gasteiger partial charge in [0.1, 0.15) is 5.69 Å². The summed E-state index contributed by atoms with van der Waals surface area (Å²) < 4.78 is 91.8. The molecule has 2 aromatic carbocycles. The summed E-state index contributed by atoms with van der Waals surface area (Å²) in [4.78, 5) is 7.97. The van der Waals surface area contributed by atoms with Gasteiger partial charge >= 0.3 is 0 Å². The number of nitrogens with two attached hydrogens (primary N) is 1. The first kappa shape index (κ1) is 14.6. The highest BCUT2D eigenvalue weighted by atomic mass is 32.2. The summed E-state index contributed by atoms with van der Waals surface area (Å²) in [6, 6.07) is 13.7. The second-order valence-electron chi connectivity index (χ2n) is 7.05. The number of nitrogens with one attached hydrogen (secondary N) is 1. The van der Waals surface area contributed by atoms with Crippen molar-refractivity contribution in [3.05, 3.63) is 66.4 Å². The molecule has 0 unspecified atom stereocenters. The molecule has 8 nitrogen and oxygen atoms in total. The van der Waals surface area contributed by atoms with Gasteiger partial charge in [-0.2, -0.15) is 0 Å². The molecule has 4 aromatic rings. The van der Waals surface area contributed by atoms with Crippen LogP contribution in [0.2, 0.25) is 0 Å². The molecule has 33 heavy (non-hydrogen) atoms. The summed E-state index contributed by atoms with van der Waals surface area (Å²) >= 11 is 0. The maximum Gasteiger partial charge on any atom is 0.189 e. The molecule has 2 aromatic heterocycles. The zero-order valence-electron chi connectivity index (χ0n) is 25.2. The van der Waals surface area contributed by atoms with Crippen LogP contribution in [-0.4, -0.2) is 35.8 Å². The summed E-state index contributed by atoms with van der Waals surface area (Å²) in [5, 5.41) is 3.23. The largest absolute Gasteiger partial charge is 0.382 e. The third-order valence-corrected chi connectivity index (χ3v) is 6.28. The number of sulfone groups is 1. The van der Waals surface area contributed by atoms with Crippen molar-refractivity contribution in [2.75, 3.05) is 12.8 Å². The van der Waals surface area contributed by atoms with E-state index >= 15 is 0 Å². The maximum atomic E-state index is 13.1. The van der Waals surface area contributed by atoms with E-state index in [1.54, 1.807) is 6.07 Å². The standard InChI is InChI=1S/C24H25N5O3S/c1-15(2)33(30,31)19-10-8-18(9-11-19)21-14-27-24(25)23(28-21)22-12-20(29-32-22)17-6-4-16(5-7-17)13-26-3/h4-12,14-15,26H,13H2,1-3H3,(H2,25,27)/i1D3,2D3,3D,15D. The minimum absolute atomic E-state index is 0.0433. The van der Waals surface area contributed by atoms with Crippen molar-refractivity contribution >= 4 is 15.7 Å². The van der Waals surface area contributed by atoms with Crippen LogP contribution in [0.5, 0.6) is 0 Å². The minimum Gasteiger partial charge on any atom is -0.382 e. The number of hydrogen-bond donors (Lipinski definition) is 2. The minimum atomic E-state index is -5.15. The molecule has 0 fully saturated rings. The van der Waals surface area contributed by atoms with Gasteiger partial charge in [0.15, 0.2) is 27.1 Å². The number of anilines is 1. The fourth-order valence-corrected chi connectivity index (χ4v) is 3.83. The molecule has 0 aliphatic heterocycles. The summed E-state index contributed by atoms with van der Waals surface area (Å²) in [5.74, 6) is 0.266. The smallest absolute Gasteiger partial charge is 0.189 e. The fourth-order valence-electron chi connectivity index (χ4n) is 3.10. The van der Waals surface area contributed by atoms with E-state index in [-0.39, 0.29) is 30.0 Å². The first-order chi connectivity index (χ1) is 19.1. The van der Waals surface area contributed by atoms with Crippen LogP contribution in [-0.2, 0) is 16.4 Å². The second kappa shape index (κ2) is 9.13. The average Bonchev–Trinajstić information content (AvgIpc) is 3.41. The molecule has 0 saturated carbocycles. The first-order valence-electron chi connectivity index (χ1n) is 13.8. The third kappa shape index (κ3) is 4.64. The molecule has 0 spiro atoms. The van der Waals surface area contributed by atoms with Crippen LogP contribution in [0.4, 0.5) is 5.82 Å². The van der Waals surface area contributed by atoms with Gasteiger partial charge in [0.25, 0.3) is 0 Å². The summed E-state index contributed by atoms with van der Waals surface area (Å²) in [7, 11) is -5.04. The SMILES string of the molecule is [2H]CNCc1ccc(-c2cc(-c3nc(-c4ccc(S(=O)(=O)C([2H])(C([2H])([2H])[2H])C([2H])([2H])[2H])cc4)cnc3N)on2)cc1. The molecule has 0 aliphatic rings. The number of nitrogens with zero attached hydrogens (tertiary/aromatic N) is 3. The number of nitrogen functional groups attached to an aromatic ring is 1. The van der Waals surface area contributed by atoms with Crippen LogP contribution in [0.15, 0.2) is 70.2 Å². The van der Waals surface area contributed by atoms with Crippen molar-refractivity contribution in [2.45, 2.75) is 30.4 Å². The normalized spacial score (nSPS) is 16.4. The maximum absolute atomic E-state index is 13.1. The van der Waals surface area contributed by atoms with Crippen molar-refractivity contribution in [1.82, 2.24) is 20.4 Å². The molecule has 4 rings (SSSR count). The number of aromatic nitrogens is 3. The monoisotopic (exact) mass is 471 g/mol. The van der Waals surface area contributed by atoms with Crippen LogP contribution in [0, 0.1) is 0 Å². The van der Waals surface area contributed by atoms with E-state index in [0.717, 1.165) is 23.3 Å². The fraction of sp³-hybridized carbons (Fsp3) is 0.208. The van der Waals surface area contributed by atoms with Gasteiger partial charge in [-0.25, -0.2) is 18.4 Å². The Bertz CT molecular complexity index is 1620. The molecule has 0 bridgehead atoms. The summed E-state index contributed by atoms with van der Waals surface area (Å²) in [5.41, 5.74) is 9.10. The Kier molecular flexibility index (Phi) is 4.03. The van der Waals surface area contributed by atoms with Crippen LogP contribution in [0.1, 0.15) is 30.2 Å². The quantitative estimate of drug-likeness (QED) is 0.415. The predicted octanol–water partition coefficient (Wildman–Crippen LogP) is 3.95. The molecule has 0 radical (unpaired) electrons. The van der Waals surface area contributed by atoms with Gasteiger partial charge in [-0.05, 0) is 38.4 Å². The predicted molar refractivity (Wildman–Crippen MR) is 128 cm³/mol. The third-order valence-electron chi connectivity index (χ3n) is 4.85. The lowest BCUT2D eigenvalue weighted by Crippen LogP contribution is -2.13. The molecular formula is C24H25N5O3S. The van der Waals surface area contributed by atoms with Gasteiger partial charge in [0.2, 0.25) is 0 Å². The Hall–Kier alpha value is -3.56. The van der Waals surface area contributed by atoms with Crippen molar-refractivity contribution in [3.8, 4) is 34.0 Å². The van der Waals surface area contributed by atoms with Gasteiger partial charge in [0.05, 0.1) is 22.0 Å². The van der Waals surface area contributed by atoms with E-state index in [2.05, 4.69) is 20.4 Å². The molecular weight excluding hydrogens is 438 g/mol. The topological polar surface area (TPSA) is 124 Å². The summed E-state index contributed by atoms with van der Waals surface area (Å²) in [6.45, 7) is -6.74. The molecule has 170 valence electrons. The van der Waals surface area contributed by atoms with Crippen LogP contribution < -0.4 is 11.1 Å². The lowest BCUT2D eigenvalue weighted by Gasteiger charge is -2.09. The van der Waals surface area contributed by atoms with Crippen molar-refractivity contribution < 1.29 is 23.9 Å². The highest BCUT2D eigenvalue weighted by Crippen LogP contribution is 2.30. The van der Waals surface area contributed by atoms with E-state index in [9.17, 15) is 8.42 Å². The lowest BCUT2D eigenvalue weighted by molar-refractivity contribution is 0.434. The zero-order valence-corrected chi connectivity index (χ0v) is 18.1. The Balaban J connectivity index is 1.64. The summed E-state index contributed by atoms with van der Waals surface area (Å²) in [6.07, 6.45) is 1.34. The van der Waals surface area contributed by atoms with E-state index in [4.69, 9.17) is 21.2 Å². The number of hydrogen-bond acceptors (Lipinski definition) is 8. The van der Waals surface area contributed by atoms with E-state index < -0.39 is 33.7 Å². The van der Waals surface area contributed by atoms with Crippen LogP contribution in [0.25, 0.3) is 34.0 Å². The van der Waals surface area contributed by atoms with Gasteiger partial charge < -0.3 is 15.6 Å². The van der Waals surface area contributed by atoms with Gasteiger partial charge in [-0.1, -0.05) is 41.6 Å². The highest BCUT2D eigenvalue weighted by Gasteiger charge is 2.20. The van der Waals surface area contributed by atoms with Gasteiger partial charge in [-0.15, -0.1) is 0 Å². The Labute approximate surface area is 204 Å². The lowest BCUT2D eigenvalue weighted by atomic mass is 10.1. The Morgan fingerprint density at radius 2 is 1.79 bits per heavy atom. The first-order valence-corrected chi connectivity index (χ1v) is 11.1. The van der Waals surface area contributed by atoms with E-state index in [1.807, 2.05) is 24.3 Å². The molecule has 2 heterocycles. The molecule has 3 N–H and O–H groups in total. The average molecular weight is 472 g/mol. The Morgan fingerprint density at radius 1 is 1.09 bits per heavy atom. The van der Waals surface area contributed by atoms with Crippen molar-refractivity contribution in [1.29, 1.82) is 0 Å². The Morgan fingerprint density at radius 3 is 2.48 bits per heavy atom. The number of benzene rings is 2. The molecule has 0 amide bonds. The van der Waals surface area contributed by atoms with Crippen LogP contribution in [0.3, 0.4) is 0 Å². The second-order valence-corrected chi connectivity index (χ2v) is 8.93. The van der Waals surface area contributed by atoms with Crippen molar-refractivity contribution in [3.63, 3.8) is 0 Å². The van der Waals surface area contributed by atoms with Gasteiger partial charge in [-0.3, -0.25) is 0 Å². The highest BCUT2D eigenvalue weighted by molar-refractivity contribution is 7.92. The van der Waals surface area contributed by atoms with Gasteiger partial charge in [0, 0.05) is 34.7 Å². The molecule has 0 atom stereocenters. The number of rotatable bonds is 7. The van der Waals surface area contributed by atoms with Crippen LogP contribution >= 0.6 is 0 Å².